The number of amides is 5. The van der Waals surface area contributed by atoms with Crippen molar-refractivity contribution in [1.29, 1.82) is 0 Å². The van der Waals surface area contributed by atoms with Gasteiger partial charge in [-0.3, -0.25) is 38.4 Å². The number of carboxylic acids is 2. The minimum atomic E-state index is -2.02. The Labute approximate surface area is 572 Å². The summed E-state index contributed by atoms with van der Waals surface area (Å²) in [6, 6.07) is 10.7. The lowest BCUT2D eigenvalue weighted by Crippen LogP contribution is -2.61. The molecule has 0 spiro atoms. The van der Waals surface area contributed by atoms with E-state index < -0.39 is 128 Å². The summed E-state index contributed by atoms with van der Waals surface area (Å²) in [4.78, 5) is 124. The Hall–Kier alpha value is -6.14. The van der Waals surface area contributed by atoms with Crippen LogP contribution in [-0.4, -0.2) is 233 Å². The summed E-state index contributed by atoms with van der Waals surface area (Å²) in [5, 5.41) is 69.0. The number of Topliss-reactive ketones (excluding diaryl/α,β-unsaturated/α-hetero) is 2. The highest BCUT2D eigenvalue weighted by Gasteiger charge is 2.49. The van der Waals surface area contributed by atoms with Crippen molar-refractivity contribution in [2.45, 2.75) is 207 Å². The molecule has 2 aromatic carbocycles. The van der Waals surface area contributed by atoms with E-state index in [2.05, 4.69) is 16.0 Å². The van der Waals surface area contributed by atoms with Crippen LogP contribution in [0.25, 0.3) is 0 Å². The number of nitrogens with two attached hydrogens (primary N) is 1. The molecule has 0 bridgehead atoms. The average molecular weight is 1380 g/mol. The molecule has 0 aliphatic carbocycles. The highest BCUT2D eigenvalue weighted by atomic mass is 32.2. The van der Waals surface area contributed by atoms with Crippen molar-refractivity contribution in [3.63, 3.8) is 0 Å². The van der Waals surface area contributed by atoms with E-state index in [0.717, 1.165) is 5.56 Å². The lowest BCUT2D eigenvalue weighted by molar-refractivity contribution is -0.922. The van der Waals surface area contributed by atoms with E-state index in [1.807, 2.05) is 119 Å². The number of methoxy groups -OCH3 is 2. The number of quaternary nitrogens is 1. The Morgan fingerprint density at radius 2 is 1.43 bits per heavy atom. The molecule has 5 amide bonds. The van der Waals surface area contributed by atoms with Crippen LogP contribution in [0.2, 0.25) is 0 Å². The van der Waals surface area contributed by atoms with Crippen molar-refractivity contribution in [3.05, 3.63) is 59.7 Å². The number of nitrogens with zero attached hydrogens (tertiary/aromatic N) is 3. The van der Waals surface area contributed by atoms with Crippen LogP contribution in [0.4, 0.5) is 5.69 Å². The molecule has 0 radical (unpaired) electrons. The van der Waals surface area contributed by atoms with E-state index in [0.29, 0.717) is 31.4 Å². The number of carbonyl (C=O) groups is 9. The number of ketones is 2. The standard InChI is InChI=1S/C65H101N7O19.C2H6S.C2H6/c1-14-37(6)54(49(88-12)32-52(77)71-28-18-21-45(71)60(89-13)39(8)46(73)29-38(7)56(80)41-19-16-15-17-20-41)70(9)63(85)42(35(2)3)31-47(74)55(36(4)5)72(10,11)34-40-22-23-48(90-65-59(83)57(81)58(82)61(91-65)64(86)87)43(30-40)68-51(76)26-27-67-62(84)44(33-66)69-50(75)24-25-53(78)79;1-3-2;1-2/h15-17,19-20,22-23,30,35-39,42,44-45,49,54-61,65,80-83H,14,18,21,24-29,31-34,66H2,1-13H3,(H4-,67,68,69,75,76,78,79,84,86,87);1-2H3;1-2H3/p+1/t37-,38-,39-,42-,44-,45-,49+,54-,55-,56+,57-,58-,59+,60+,61-,65+;;/m0../s1. The number of thioether (sulfide) groups is 1. The molecule has 2 saturated heterocycles. The van der Waals surface area contributed by atoms with Crippen LogP contribution in [-0.2, 0) is 63.9 Å². The van der Waals surface area contributed by atoms with Gasteiger partial charge in [-0.2, -0.15) is 11.8 Å². The maximum atomic E-state index is 15.1. The molecule has 2 fully saturated rings. The second-order valence-electron chi connectivity index (χ2n) is 26.2. The summed E-state index contributed by atoms with van der Waals surface area (Å²) >= 11 is 1.75. The molecule has 544 valence electrons. The number of hydrogen-bond acceptors (Lipinski definition) is 19. The molecule has 0 aromatic heterocycles. The molecule has 2 heterocycles. The van der Waals surface area contributed by atoms with Gasteiger partial charge < -0.3 is 85.6 Å². The lowest BCUT2D eigenvalue weighted by Gasteiger charge is -2.42. The molecule has 2 aromatic rings. The average Bonchev–Trinajstić information content (AvgIpc) is 0.968. The number of carbonyl (C=O) groups excluding carboxylic acids is 7. The topological polar surface area (TPSA) is 381 Å². The van der Waals surface area contributed by atoms with E-state index in [9.17, 15) is 59.1 Å². The van der Waals surface area contributed by atoms with Crippen LogP contribution >= 0.6 is 11.8 Å². The largest absolute Gasteiger partial charge is 0.481 e. The maximum absolute atomic E-state index is 15.1. The fraction of sp³-hybridized carbons (Fsp3) is 0.696. The van der Waals surface area contributed by atoms with E-state index in [1.54, 1.807) is 41.6 Å². The van der Waals surface area contributed by atoms with Crippen LogP contribution < -0.4 is 26.4 Å². The summed E-state index contributed by atoms with van der Waals surface area (Å²) in [5.41, 5.74) is 6.90. The number of benzene rings is 2. The van der Waals surface area contributed by atoms with Crippen molar-refractivity contribution in [2.24, 2.45) is 41.2 Å². The van der Waals surface area contributed by atoms with Crippen molar-refractivity contribution < 1.29 is 97.2 Å². The smallest absolute Gasteiger partial charge is 0.335 e. The van der Waals surface area contributed by atoms with E-state index in [1.165, 1.54) is 26.4 Å². The van der Waals surface area contributed by atoms with Gasteiger partial charge >= 0.3 is 11.9 Å². The number of carboxylic acid groups (broad SMARTS) is 2. The Morgan fingerprint density at radius 1 is 0.802 bits per heavy atom. The summed E-state index contributed by atoms with van der Waals surface area (Å²) < 4.78 is 23.5. The van der Waals surface area contributed by atoms with Gasteiger partial charge in [0.15, 0.2) is 17.9 Å². The van der Waals surface area contributed by atoms with Crippen molar-refractivity contribution in [1.82, 2.24) is 20.4 Å². The number of rotatable bonds is 37. The fourth-order valence-corrected chi connectivity index (χ4v) is 12.8. The number of aliphatic hydroxyl groups excluding tert-OH is 4. The molecule has 0 unspecified atom stereocenters. The van der Waals surface area contributed by atoms with Gasteiger partial charge in [0.25, 0.3) is 0 Å². The van der Waals surface area contributed by atoms with E-state index in [4.69, 9.17) is 29.8 Å². The number of nitrogens with one attached hydrogen (secondary N) is 3. The molecular formula is C69H114N7O19S+. The van der Waals surface area contributed by atoms with Gasteiger partial charge in [0, 0.05) is 89.9 Å². The number of aliphatic carboxylic acids is 2. The zero-order valence-electron chi connectivity index (χ0n) is 59.5. The minimum Gasteiger partial charge on any atom is -0.481 e. The number of ether oxygens (including phenoxy) is 4. The van der Waals surface area contributed by atoms with E-state index in [-0.39, 0.29) is 108 Å². The van der Waals surface area contributed by atoms with E-state index >= 15 is 9.59 Å². The van der Waals surface area contributed by atoms with Gasteiger partial charge in [-0.05, 0) is 66.9 Å². The van der Waals surface area contributed by atoms with Gasteiger partial charge in [0.05, 0.1) is 63.0 Å². The minimum absolute atomic E-state index is 0.0309. The number of likely N-dealkylation sites (tertiary alicyclic amines) is 1. The van der Waals surface area contributed by atoms with Crippen LogP contribution in [0.3, 0.4) is 0 Å². The van der Waals surface area contributed by atoms with Gasteiger partial charge in [-0.15, -0.1) is 0 Å². The Balaban J connectivity index is 0.00000609. The third-order valence-corrected chi connectivity index (χ3v) is 17.9. The molecule has 2 aliphatic rings. The summed E-state index contributed by atoms with van der Waals surface area (Å²) in [6.45, 7) is 19.1. The van der Waals surface area contributed by atoms with Gasteiger partial charge in [-0.1, -0.05) is 106 Å². The molecule has 16 atom stereocenters. The summed E-state index contributed by atoms with van der Waals surface area (Å²) in [7, 11) is 8.42. The SMILES string of the molecule is CC.CC[C@H](C)[C@@H]([C@@H](CC(=O)N1CCC[C@H]1[C@H](OC)[C@@H](C)C(=O)C[C@H](C)[C@@H](O)c1ccccc1)OC)N(C)C(=O)[C@@H](CC(=O)[C@H](C(C)C)[N+](C)(C)Cc1ccc(O[C@@H]2O[C@H](C(=O)O)[C@@H](O)[C@H](O)[C@H]2O)c(NC(=O)CCNC(=O)[C@H](CN)NC(=O)CCC(=O)O)c1)C(C)C.CSC. The number of aliphatic hydroxyl groups is 4. The van der Waals surface area contributed by atoms with Crippen molar-refractivity contribution in [3.8, 4) is 5.75 Å². The van der Waals surface area contributed by atoms with Crippen LogP contribution in [0, 0.1) is 35.5 Å². The van der Waals surface area contributed by atoms with Crippen LogP contribution in [0.5, 0.6) is 5.75 Å². The predicted octanol–water partition coefficient (Wildman–Crippen LogP) is 4.80. The van der Waals surface area contributed by atoms with Gasteiger partial charge in [0.2, 0.25) is 35.8 Å². The zero-order chi connectivity index (χ0) is 73.1. The molecular weight excluding hydrogens is 1260 g/mol. The number of hydrogen-bond donors (Lipinski definition) is 10. The first-order valence-electron chi connectivity index (χ1n) is 33.3. The third kappa shape index (κ3) is 25.0. The summed E-state index contributed by atoms with van der Waals surface area (Å²) in [5.74, 6) is -8.54. The normalized spacial score (nSPS) is 21.0. The maximum Gasteiger partial charge on any atom is 0.335 e. The Bertz CT molecular complexity index is 2800. The third-order valence-electron chi connectivity index (χ3n) is 17.9. The molecule has 4 rings (SSSR count). The first-order valence-corrected chi connectivity index (χ1v) is 34.9. The predicted molar refractivity (Wildman–Crippen MR) is 365 cm³/mol. The Morgan fingerprint density at radius 3 is 1.97 bits per heavy atom. The second-order valence-corrected chi connectivity index (χ2v) is 27.0. The van der Waals surface area contributed by atoms with Crippen LogP contribution in [0.1, 0.15) is 144 Å². The molecule has 27 heteroatoms. The molecule has 0 saturated carbocycles. The quantitative estimate of drug-likeness (QED) is 0.0406. The van der Waals surface area contributed by atoms with Crippen molar-refractivity contribution in [2.75, 3.05) is 72.8 Å². The lowest BCUT2D eigenvalue weighted by atomic mass is 9.83. The first kappa shape index (κ1) is 85.9. The van der Waals surface area contributed by atoms with Gasteiger partial charge in [-0.25, -0.2) is 4.79 Å². The zero-order valence-corrected chi connectivity index (χ0v) is 60.3. The first-order chi connectivity index (χ1) is 45.2. The number of anilines is 1. The monoisotopic (exact) mass is 1380 g/mol. The van der Waals surface area contributed by atoms with Crippen molar-refractivity contribution >= 4 is 70.5 Å². The fourth-order valence-electron chi connectivity index (χ4n) is 12.8. The molecule has 11 N–H and O–H groups in total. The summed E-state index contributed by atoms with van der Waals surface area (Å²) in [6.07, 6.45) is -7.44. The van der Waals surface area contributed by atoms with Crippen LogP contribution in [0.15, 0.2) is 48.5 Å². The highest BCUT2D eigenvalue weighted by molar-refractivity contribution is 7.97. The molecule has 26 nitrogen and oxygen atoms in total. The molecule has 96 heavy (non-hydrogen) atoms. The highest BCUT2D eigenvalue weighted by Crippen LogP contribution is 2.36. The van der Waals surface area contributed by atoms with Gasteiger partial charge in [0.1, 0.15) is 42.4 Å². The second kappa shape index (κ2) is 42.0. The number of likely N-dealkylation sites (N-methyl/N-ethyl adjacent to an activating group) is 2. The Kier molecular flexibility index (Phi) is 37.6. The molecule has 2 aliphatic heterocycles.